The fourth-order valence-corrected chi connectivity index (χ4v) is 3.97. The summed E-state index contributed by atoms with van der Waals surface area (Å²) in [6.07, 6.45) is 0.632. The Morgan fingerprint density at radius 1 is 1.05 bits per heavy atom. The summed E-state index contributed by atoms with van der Waals surface area (Å²) in [5.41, 5.74) is 3.91. The molecule has 2 aromatic carbocycles. The van der Waals surface area contributed by atoms with Crippen molar-refractivity contribution in [2.24, 2.45) is 0 Å². The second-order valence-electron chi connectivity index (χ2n) is 5.84. The van der Waals surface area contributed by atoms with Gasteiger partial charge in [-0.2, -0.15) is 0 Å². The highest BCUT2D eigenvalue weighted by molar-refractivity contribution is 8.15. The van der Waals surface area contributed by atoms with Crippen molar-refractivity contribution in [3.8, 4) is 11.1 Å². The van der Waals surface area contributed by atoms with Crippen LogP contribution in [-0.2, 0) is 11.2 Å². The summed E-state index contributed by atoms with van der Waals surface area (Å²) in [4.78, 5) is 11.8. The SMILES string of the molecule is CC1=C(O)[C@](C)(Cc2cccc(-c3ccccc3)c2)SC1=O. The van der Waals surface area contributed by atoms with Gasteiger partial charge in [-0.15, -0.1) is 0 Å². The molecular formula is C19H18O2S. The van der Waals surface area contributed by atoms with Gasteiger partial charge in [0.2, 0.25) is 5.12 Å². The normalized spacial score (nSPS) is 21.5. The van der Waals surface area contributed by atoms with Gasteiger partial charge in [0.1, 0.15) is 5.76 Å². The Balaban J connectivity index is 1.90. The van der Waals surface area contributed by atoms with Gasteiger partial charge in [0.05, 0.1) is 4.75 Å². The minimum absolute atomic E-state index is 0.0285. The Hall–Kier alpha value is -2.00. The predicted molar refractivity (Wildman–Crippen MR) is 91.9 cm³/mol. The van der Waals surface area contributed by atoms with E-state index in [1.54, 1.807) is 6.92 Å². The van der Waals surface area contributed by atoms with Gasteiger partial charge in [-0.1, -0.05) is 66.4 Å². The quantitative estimate of drug-likeness (QED) is 0.888. The third-order valence-corrected chi connectivity index (χ3v) is 5.34. The van der Waals surface area contributed by atoms with E-state index in [1.165, 1.54) is 17.3 Å². The van der Waals surface area contributed by atoms with Crippen LogP contribution in [0.25, 0.3) is 11.1 Å². The van der Waals surface area contributed by atoms with E-state index >= 15 is 0 Å². The highest BCUT2D eigenvalue weighted by Gasteiger charge is 2.41. The molecule has 1 aliphatic heterocycles. The lowest BCUT2D eigenvalue weighted by molar-refractivity contribution is -0.107. The highest BCUT2D eigenvalue weighted by Crippen LogP contribution is 2.44. The van der Waals surface area contributed by atoms with E-state index in [-0.39, 0.29) is 10.9 Å². The van der Waals surface area contributed by atoms with Gasteiger partial charge in [-0.25, -0.2) is 0 Å². The van der Waals surface area contributed by atoms with E-state index in [1.807, 2.05) is 37.3 Å². The van der Waals surface area contributed by atoms with Crippen LogP contribution in [0, 0.1) is 0 Å². The van der Waals surface area contributed by atoms with Crippen molar-refractivity contribution in [3.05, 3.63) is 71.5 Å². The number of carbonyl (C=O) groups excluding carboxylic acids is 1. The molecule has 3 rings (SSSR count). The first kappa shape index (κ1) is 14.9. The van der Waals surface area contributed by atoms with Gasteiger partial charge >= 0.3 is 0 Å². The zero-order valence-corrected chi connectivity index (χ0v) is 13.5. The van der Waals surface area contributed by atoms with E-state index in [2.05, 4.69) is 24.3 Å². The molecule has 112 valence electrons. The van der Waals surface area contributed by atoms with E-state index in [9.17, 15) is 9.90 Å². The molecule has 0 fully saturated rings. The third kappa shape index (κ3) is 2.69. The summed E-state index contributed by atoms with van der Waals surface area (Å²) < 4.78 is -0.559. The lowest BCUT2D eigenvalue weighted by atomic mass is 9.94. The number of aliphatic hydroxyl groups excluding tert-OH is 1. The van der Waals surface area contributed by atoms with Crippen LogP contribution in [0.15, 0.2) is 65.9 Å². The maximum atomic E-state index is 11.8. The van der Waals surface area contributed by atoms with Crippen LogP contribution >= 0.6 is 11.8 Å². The average Bonchev–Trinajstić information content (AvgIpc) is 2.72. The molecule has 1 atom stereocenters. The molecule has 0 unspecified atom stereocenters. The van der Waals surface area contributed by atoms with Crippen LogP contribution < -0.4 is 0 Å². The smallest absolute Gasteiger partial charge is 0.219 e. The molecule has 1 aliphatic rings. The number of rotatable bonds is 3. The Morgan fingerprint density at radius 2 is 1.73 bits per heavy atom. The lowest BCUT2D eigenvalue weighted by Crippen LogP contribution is -2.23. The van der Waals surface area contributed by atoms with Crippen molar-refractivity contribution in [1.82, 2.24) is 0 Å². The topological polar surface area (TPSA) is 37.3 Å². The Labute approximate surface area is 134 Å². The van der Waals surface area contributed by atoms with Gasteiger partial charge in [0.15, 0.2) is 0 Å². The second kappa shape index (κ2) is 5.65. The average molecular weight is 310 g/mol. The summed E-state index contributed by atoms with van der Waals surface area (Å²) >= 11 is 1.22. The molecular weight excluding hydrogens is 292 g/mol. The first-order chi connectivity index (χ1) is 10.5. The van der Waals surface area contributed by atoms with Gasteiger partial charge in [0.25, 0.3) is 0 Å². The van der Waals surface area contributed by atoms with Crippen molar-refractivity contribution < 1.29 is 9.90 Å². The molecule has 0 saturated carbocycles. The minimum Gasteiger partial charge on any atom is -0.510 e. The van der Waals surface area contributed by atoms with Crippen LogP contribution in [0.1, 0.15) is 19.4 Å². The molecule has 1 N–H and O–H groups in total. The predicted octanol–water partition coefficient (Wildman–Crippen LogP) is 4.76. The Morgan fingerprint density at radius 3 is 2.36 bits per heavy atom. The van der Waals surface area contributed by atoms with Gasteiger partial charge in [0, 0.05) is 5.57 Å². The van der Waals surface area contributed by atoms with Gasteiger partial charge < -0.3 is 5.11 Å². The van der Waals surface area contributed by atoms with Gasteiger partial charge in [-0.3, -0.25) is 4.79 Å². The molecule has 2 nitrogen and oxygen atoms in total. The van der Waals surface area contributed by atoms with Crippen LogP contribution in [0.4, 0.5) is 0 Å². The number of hydrogen-bond donors (Lipinski definition) is 1. The summed E-state index contributed by atoms with van der Waals surface area (Å²) in [7, 11) is 0. The van der Waals surface area contributed by atoms with Crippen molar-refractivity contribution in [1.29, 1.82) is 0 Å². The zero-order chi connectivity index (χ0) is 15.7. The van der Waals surface area contributed by atoms with E-state index < -0.39 is 4.75 Å². The summed E-state index contributed by atoms with van der Waals surface area (Å²) in [5, 5.41) is 10.2. The maximum absolute atomic E-state index is 11.8. The fourth-order valence-electron chi connectivity index (χ4n) is 2.82. The molecule has 0 aromatic heterocycles. The number of hydrogen-bond acceptors (Lipinski definition) is 3. The van der Waals surface area contributed by atoms with Crippen molar-refractivity contribution in [3.63, 3.8) is 0 Å². The number of aliphatic hydroxyl groups is 1. The van der Waals surface area contributed by atoms with E-state index in [4.69, 9.17) is 0 Å². The molecule has 0 amide bonds. The summed E-state index contributed by atoms with van der Waals surface area (Å²) in [5.74, 6) is 0.215. The molecule has 3 heteroatoms. The van der Waals surface area contributed by atoms with Crippen molar-refractivity contribution in [2.45, 2.75) is 25.0 Å². The molecule has 0 radical (unpaired) electrons. The first-order valence-corrected chi connectivity index (χ1v) is 8.09. The van der Waals surface area contributed by atoms with Crippen LogP contribution in [-0.4, -0.2) is 15.0 Å². The molecule has 22 heavy (non-hydrogen) atoms. The molecule has 0 saturated heterocycles. The first-order valence-electron chi connectivity index (χ1n) is 7.28. The number of thioether (sulfide) groups is 1. The van der Waals surface area contributed by atoms with Crippen molar-refractivity contribution in [2.75, 3.05) is 0 Å². The molecule has 0 bridgehead atoms. The van der Waals surface area contributed by atoms with E-state index in [0.29, 0.717) is 12.0 Å². The Bertz CT molecular complexity index is 749. The molecule has 1 heterocycles. The summed E-state index contributed by atoms with van der Waals surface area (Å²) in [6.45, 7) is 3.62. The second-order valence-corrected chi connectivity index (χ2v) is 7.31. The minimum atomic E-state index is -0.559. The molecule has 0 aliphatic carbocycles. The fraction of sp³-hybridized carbons (Fsp3) is 0.211. The number of benzene rings is 2. The lowest BCUT2D eigenvalue weighted by Gasteiger charge is -2.23. The zero-order valence-electron chi connectivity index (χ0n) is 12.7. The highest BCUT2D eigenvalue weighted by atomic mass is 32.2. The maximum Gasteiger partial charge on any atom is 0.219 e. The van der Waals surface area contributed by atoms with Crippen LogP contribution in [0.3, 0.4) is 0 Å². The monoisotopic (exact) mass is 310 g/mol. The standard InChI is InChI=1S/C19H18O2S/c1-13-17(20)19(2,22-18(13)21)12-14-7-6-10-16(11-14)15-8-4-3-5-9-15/h3-11,20H,12H2,1-2H3/t19-/m0/s1. The number of carbonyl (C=O) groups is 1. The largest absolute Gasteiger partial charge is 0.510 e. The van der Waals surface area contributed by atoms with Crippen molar-refractivity contribution >= 4 is 16.9 Å². The molecule has 0 spiro atoms. The van der Waals surface area contributed by atoms with Crippen LogP contribution in [0.2, 0.25) is 0 Å². The molecule has 2 aromatic rings. The Kier molecular flexibility index (Phi) is 3.83. The third-order valence-electron chi connectivity index (χ3n) is 4.06. The van der Waals surface area contributed by atoms with E-state index in [0.717, 1.165) is 11.1 Å². The summed E-state index contributed by atoms with van der Waals surface area (Å²) in [6, 6.07) is 18.5. The van der Waals surface area contributed by atoms with Crippen LogP contribution in [0.5, 0.6) is 0 Å². The van der Waals surface area contributed by atoms with Gasteiger partial charge in [-0.05, 0) is 37.0 Å².